The van der Waals surface area contributed by atoms with Gasteiger partial charge in [0.1, 0.15) is 6.61 Å². The van der Waals surface area contributed by atoms with E-state index in [0.29, 0.717) is 18.4 Å². The van der Waals surface area contributed by atoms with Gasteiger partial charge in [-0.05, 0) is 43.2 Å². The summed E-state index contributed by atoms with van der Waals surface area (Å²) >= 11 is 0. The number of rotatable bonds is 7. The van der Waals surface area contributed by atoms with Crippen LogP contribution in [0.4, 0.5) is 4.79 Å². The Morgan fingerprint density at radius 3 is 2.74 bits per heavy atom. The summed E-state index contributed by atoms with van der Waals surface area (Å²) in [6.45, 7) is 6.24. The van der Waals surface area contributed by atoms with Crippen LogP contribution >= 0.6 is 0 Å². The molecule has 1 saturated heterocycles. The van der Waals surface area contributed by atoms with Gasteiger partial charge in [-0.15, -0.1) is 0 Å². The van der Waals surface area contributed by atoms with Crippen molar-refractivity contribution in [1.29, 1.82) is 0 Å². The lowest BCUT2D eigenvalue weighted by Gasteiger charge is -2.26. The quantitative estimate of drug-likeness (QED) is 0.483. The highest BCUT2D eigenvalue weighted by molar-refractivity contribution is 6.43. The molecule has 1 unspecified atom stereocenters. The molecule has 0 aromatic heterocycles. The Morgan fingerprint density at radius 2 is 2.11 bits per heavy atom. The molecule has 1 aromatic rings. The van der Waals surface area contributed by atoms with Crippen molar-refractivity contribution in [2.24, 2.45) is 11.8 Å². The smallest absolute Gasteiger partial charge is 0.447 e. The molecule has 2 amide bonds. The first-order chi connectivity index (χ1) is 12.9. The first-order valence-corrected chi connectivity index (χ1v) is 9.17. The molecule has 144 valence electrons. The molecule has 4 atom stereocenters. The van der Waals surface area contributed by atoms with Crippen molar-refractivity contribution in [1.82, 2.24) is 10.2 Å². The molecule has 0 spiro atoms. The molecule has 1 heterocycles. The van der Waals surface area contributed by atoms with E-state index in [1.807, 2.05) is 31.2 Å². The van der Waals surface area contributed by atoms with Crippen molar-refractivity contribution in [2.45, 2.75) is 31.7 Å². The van der Waals surface area contributed by atoms with Crippen LogP contribution in [0.15, 0.2) is 36.9 Å². The van der Waals surface area contributed by atoms with Gasteiger partial charge in [0.25, 0.3) is 0 Å². The van der Waals surface area contributed by atoms with E-state index in [2.05, 4.69) is 11.9 Å². The fourth-order valence-corrected chi connectivity index (χ4v) is 3.72. The Hall–Kier alpha value is -2.32. The van der Waals surface area contributed by atoms with Crippen LogP contribution in [0.5, 0.6) is 0 Å². The summed E-state index contributed by atoms with van der Waals surface area (Å²) in [7, 11) is -1.71. The largest absolute Gasteiger partial charge is 0.475 e. The van der Waals surface area contributed by atoms with E-state index in [1.165, 1.54) is 6.08 Å². The van der Waals surface area contributed by atoms with Gasteiger partial charge >= 0.3 is 13.2 Å². The molecule has 1 saturated carbocycles. The van der Waals surface area contributed by atoms with Crippen LogP contribution < -0.4 is 5.32 Å². The van der Waals surface area contributed by atoms with E-state index in [9.17, 15) is 19.6 Å². The second-order valence-corrected chi connectivity index (χ2v) is 7.37. The number of fused-ring (bicyclic) bond motifs is 1. The van der Waals surface area contributed by atoms with Gasteiger partial charge in [-0.2, -0.15) is 0 Å². The predicted molar refractivity (Wildman–Crippen MR) is 101 cm³/mol. The topological polar surface area (TPSA) is 99.1 Å². The minimum absolute atomic E-state index is 0.0886. The van der Waals surface area contributed by atoms with Gasteiger partial charge < -0.3 is 25.0 Å². The average Bonchev–Trinajstić information content (AvgIpc) is 3.32. The molecule has 27 heavy (non-hydrogen) atoms. The fraction of sp³-hybridized carbons (Fsp3) is 0.474. The van der Waals surface area contributed by atoms with Crippen LogP contribution in [0.1, 0.15) is 17.5 Å². The highest BCUT2D eigenvalue weighted by Crippen LogP contribution is 2.49. The zero-order valence-corrected chi connectivity index (χ0v) is 15.4. The molecule has 2 aliphatic rings. The zero-order valence-electron chi connectivity index (χ0n) is 15.4. The lowest BCUT2D eigenvalue weighted by molar-refractivity contribution is -0.128. The van der Waals surface area contributed by atoms with Crippen molar-refractivity contribution in [3.05, 3.63) is 48.0 Å². The van der Waals surface area contributed by atoms with E-state index in [0.717, 1.165) is 17.5 Å². The Kier molecular flexibility index (Phi) is 5.87. The highest BCUT2D eigenvalue weighted by atomic mass is 16.5. The molecular weight excluding hydrogens is 347 g/mol. The Morgan fingerprint density at radius 1 is 1.41 bits per heavy atom. The van der Waals surface area contributed by atoms with Crippen LogP contribution in [-0.4, -0.2) is 59.2 Å². The molecule has 2 fully saturated rings. The van der Waals surface area contributed by atoms with E-state index in [4.69, 9.17) is 4.74 Å². The Labute approximate surface area is 159 Å². The lowest BCUT2D eigenvalue weighted by Crippen LogP contribution is -2.49. The highest BCUT2D eigenvalue weighted by Gasteiger charge is 2.53. The van der Waals surface area contributed by atoms with Gasteiger partial charge in [-0.3, -0.25) is 4.79 Å². The van der Waals surface area contributed by atoms with Crippen LogP contribution in [-0.2, 0) is 16.0 Å². The predicted octanol–water partition coefficient (Wildman–Crippen LogP) is 0.677. The molecular formula is C19H25BN2O5. The monoisotopic (exact) mass is 372 g/mol. The number of nitrogens with one attached hydrogen (secondary N) is 1. The third-order valence-corrected chi connectivity index (χ3v) is 5.39. The van der Waals surface area contributed by atoms with Gasteiger partial charge in [0.05, 0.1) is 12.0 Å². The fourth-order valence-electron chi connectivity index (χ4n) is 3.72. The number of likely N-dealkylation sites (tertiary alicyclic amines) is 1. The van der Waals surface area contributed by atoms with Crippen molar-refractivity contribution in [3.63, 3.8) is 0 Å². The summed E-state index contributed by atoms with van der Waals surface area (Å²) in [4.78, 5) is 25.8. The standard InChI is InChI=1S/C19H25BN2O5/c1-3-18(23)22-10-14-9-15(14)16(22)11-27-19(24)21-17(20(25)26)8-13-6-4-12(2)5-7-13/h3-7,14-17,25-26H,1,8-11H2,2H3,(H,21,24)/t14-,15-,16-,17?/m0/s1. The number of aryl methyl sites for hydroxylation is 1. The molecule has 8 heteroatoms. The van der Waals surface area contributed by atoms with Crippen molar-refractivity contribution in [3.8, 4) is 0 Å². The number of piperidine rings is 1. The summed E-state index contributed by atoms with van der Waals surface area (Å²) in [6.07, 6.45) is 1.86. The second-order valence-electron chi connectivity index (χ2n) is 7.37. The van der Waals surface area contributed by atoms with Crippen molar-refractivity contribution < 1.29 is 24.4 Å². The van der Waals surface area contributed by atoms with Crippen LogP contribution in [0.2, 0.25) is 0 Å². The summed E-state index contributed by atoms with van der Waals surface area (Å²) in [6, 6.07) is 7.46. The van der Waals surface area contributed by atoms with Gasteiger partial charge in [-0.1, -0.05) is 36.4 Å². The van der Waals surface area contributed by atoms with Crippen LogP contribution in [0, 0.1) is 18.8 Å². The summed E-state index contributed by atoms with van der Waals surface area (Å²) in [5.74, 6) is -0.185. The van der Waals surface area contributed by atoms with E-state index < -0.39 is 19.2 Å². The molecule has 0 bridgehead atoms. The van der Waals surface area contributed by atoms with Gasteiger partial charge in [-0.25, -0.2) is 4.79 Å². The summed E-state index contributed by atoms with van der Waals surface area (Å²) < 4.78 is 5.28. The average molecular weight is 372 g/mol. The van der Waals surface area contributed by atoms with Crippen molar-refractivity contribution in [2.75, 3.05) is 13.2 Å². The van der Waals surface area contributed by atoms with Gasteiger partial charge in [0, 0.05) is 6.54 Å². The number of nitrogens with zero attached hydrogens (tertiary/aromatic N) is 1. The zero-order chi connectivity index (χ0) is 19.6. The second kappa shape index (κ2) is 8.14. The van der Waals surface area contributed by atoms with Gasteiger partial charge in [0.2, 0.25) is 5.91 Å². The SMILES string of the molecule is C=CC(=O)N1C[C@@H]2C[C@@H]2[C@@H]1COC(=O)NC(Cc1ccc(C)cc1)B(O)O. The van der Waals surface area contributed by atoms with E-state index >= 15 is 0 Å². The summed E-state index contributed by atoms with van der Waals surface area (Å²) in [5, 5.41) is 21.7. The number of amides is 2. The van der Waals surface area contributed by atoms with E-state index in [1.54, 1.807) is 4.90 Å². The minimum Gasteiger partial charge on any atom is -0.447 e. The Balaban J connectivity index is 1.52. The van der Waals surface area contributed by atoms with Crippen LogP contribution in [0.3, 0.4) is 0 Å². The number of carbonyl (C=O) groups is 2. The van der Waals surface area contributed by atoms with E-state index in [-0.39, 0.29) is 25.0 Å². The molecule has 0 radical (unpaired) electrons. The number of carbonyl (C=O) groups excluding carboxylic acids is 2. The molecule has 7 nitrogen and oxygen atoms in total. The number of ether oxygens (including phenoxy) is 1. The minimum atomic E-state index is -1.71. The molecule has 1 aliphatic carbocycles. The van der Waals surface area contributed by atoms with Gasteiger partial charge in [0.15, 0.2) is 0 Å². The molecule has 1 aromatic carbocycles. The first-order valence-electron chi connectivity index (χ1n) is 9.17. The number of hydrogen-bond donors (Lipinski definition) is 3. The maximum absolute atomic E-state index is 12.1. The number of alkyl carbamates (subject to hydrolysis) is 1. The molecule has 3 N–H and O–H groups in total. The third-order valence-electron chi connectivity index (χ3n) is 5.39. The maximum atomic E-state index is 12.1. The van der Waals surface area contributed by atoms with Crippen molar-refractivity contribution >= 4 is 19.1 Å². The maximum Gasteiger partial charge on any atom is 0.475 e. The van der Waals surface area contributed by atoms with Crippen LogP contribution in [0.25, 0.3) is 0 Å². The summed E-state index contributed by atoms with van der Waals surface area (Å²) in [5.41, 5.74) is 1.97. The number of benzene rings is 1. The molecule has 3 rings (SSSR count). The lowest BCUT2D eigenvalue weighted by atomic mass is 9.76. The third kappa shape index (κ3) is 4.70. The molecule has 1 aliphatic heterocycles. The first kappa shape index (κ1) is 19.4. The Bertz CT molecular complexity index is 709. The number of hydrogen-bond acceptors (Lipinski definition) is 5. The normalized spacial score (nSPS) is 24.0.